The van der Waals surface area contributed by atoms with Crippen molar-refractivity contribution >= 4 is 70.7 Å². The second-order valence-electron chi connectivity index (χ2n) is 24.7. The third-order valence-electron chi connectivity index (χ3n) is 18.5. The molecule has 0 unspecified atom stereocenters. The van der Waals surface area contributed by atoms with Crippen LogP contribution in [0.5, 0.6) is 11.5 Å². The molecule has 3 aromatic carbocycles. The van der Waals surface area contributed by atoms with Crippen LogP contribution in [0.25, 0.3) is 4.85 Å². The number of rotatable bonds is 15. The number of fused-ring (bicyclic) bond motifs is 2. The van der Waals surface area contributed by atoms with Crippen molar-refractivity contribution in [1.82, 2.24) is 36.4 Å². The van der Waals surface area contributed by atoms with Gasteiger partial charge in [-0.1, -0.05) is 25.8 Å². The summed E-state index contributed by atoms with van der Waals surface area (Å²) in [5.74, 6) is -9.50. The van der Waals surface area contributed by atoms with Gasteiger partial charge in [0, 0.05) is 107 Å². The molecule has 6 fully saturated rings. The van der Waals surface area contributed by atoms with Crippen molar-refractivity contribution in [2.75, 3.05) is 80.1 Å². The van der Waals surface area contributed by atoms with E-state index in [4.69, 9.17) is 10.8 Å². The standard InChI is InChI=1S/C61H81N11O18S.Na/c1-34-32-72-52(53(34)79)58(84)63-30-41(74)28-43(64-54(80)37-7-9-38(10-8-37)69-22-24-70(25-23-69)40-13-11-39(12-14-40)68-20-18-61(19-21-68)16-4-5-17-61)55(81)65-49(35(2)73)59(85)71-33-42(75)29-44(71)56(82)66-50(57(83)67-51(60(72)86)47(78)31-62-3)46(77)26-36-6-15-45(76)48(27-36)88-91-90-89-87;/h6-15,27,34-35,41-44,46-47,49-53,73-79,87H,4-5,16-26,28-33H2,1-2H3,(H,63,84)(H,64,80)(H,65,81)(H,66,82)(H,67,83);/q;+1/p-1/t34-,35+,41+,42+,43+,44+,46-,47-,49+,50+,51+,52+,53+;/m1./s1. The Kier molecular flexibility index (Phi) is 24.8. The van der Waals surface area contributed by atoms with E-state index in [1.807, 2.05) is 0 Å². The summed E-state index contributed by atoms with van der Waals surface area (Å²) in [4.78, 5) is 113. The minimum Gasteiger partial charge on any atom is -0.691 e. The quantitative estimate of drug-likeness (QED) is 0.0169. The van der Waals surface area contributed by atoms with Gasteiger partial charge in [-0.3, -0.25) is 38.6 Å². The van der Waals surface area contributed by atoms with Crippen molar-refractivity contribution in [3.05, 3.63) is 89.3 Å². The number of aliphatic hydroxyl groups excluding tert-OH is 6. The molecule has 5 heterocycles. The maximum Gasteiger partial charge on any atom is 1.00 e. The predicted molar refractivity (Wildman–Crippen MR) is 324 cm³/mol. The first-order chi connectivity index (χ1) is 43.6. The van der Waals surface area contributed by atoms with E-state index in [1.165, 1.54) is 57.2 Å². The average Bonchev–Trinajstić information content (AvgIpc) is 1.61. The number of anilines is 3. The Labute approximate surface area is 558 Å². The first-order valence-electron chi connectivity index (χ1n) is 30.7. The summed E-state index contributed by atoms with van der Waals surface area (Å²) in [5, 5.41) is 104. The van der Waals surface area contributed by atoms with E-state index in [-0.39, 0.29) is 65.3 Å². The van der Waals surface area contributed by atoms with Crippen molar-refractivity contribution in [1.29, 1.82) is 0 Å². The Morgan fingerprint density at radius 3 is 1.90 bits per heavy atom. The van der Waals surface area contributed by atoms with E-state index in [0.29, 0.717) is 18.5 Å². The number of phenolic OH excluding ortho intramolecular Hbond substituents is 1. The average molecular weight is 1310 g/mol. The van der Waals surface area contributed by atoms with Crippen molar-refractivity contribution in [2.45, 2.75) is 145 Å². The number of β-amino-alcohol motifs (C(OH)–C–C–N with tert-alkyl or cyclic N) is 1. The van der Waals surface area contributed by atoms with Gasteiger partial charge in [-0.2, -0.15) is 0 Å². The summed E-state index contributed by atoms with van der Waals surface area (Å²) in [7, 11) is 0. The largest absolute Gasteiger partial charge is 1.00 e. The Bertz CT molecular complexity index is 3110. The van der Waals surface area contributed by atoms with Crippen molar-refractivity contribution in [3.8, 4) is 11.5 Å². The maximum atomic E-state index is 14.7. The Balaban J connectivity index is 0.0000109. The molecule has 29 nitrogen and oxygen atoms in total. The molecule has 1 spiro atoms. The number of hydrogen-bond acceptors (Lipinski definition) is 22. The molecule has 0 radical (unpaired) electrons. The van der Waals surface area contributed by atoms with Crippen LogP contribution in [-0.2, 0) is 44.6 Å². The number of carbonyl (C=O) groups is 7. The number of amides is 7. The summed E-state index contributed by atoms with van der Waals surface area (Å²) in [6, 6.07) is 7.62. The van der Waals surface area contributed by atoms with Crippen LogP contribution in [0.3, 0.4) is 0 Å². The van der Waals surface area contributed by atoms with Gasteiger partial charge in [0.1, 0.15) is 36.3 Å². The second kappa shape index (κ2) is 32.0. The smallest absolute Gasteiger partial charge is 0.691 e. The van der Waals surface area contributed by atoms with E-state index in [1.54, 1.807) is 24.3 Å². The van der Waals surface area contributed by atoms with E-state index >= 15 is 0 Å². The van der Waals surface area contributed by atoms with Crippen molar-refractivity contribution in [3.63, 3.8) is 0 Å². The molecule has 9 rings (SSSR count). The molecule has 0 bridgehead atoms. The van der Waals surface area contributed by atoms with Gasteiger partial charge in [0.2, 0.25) is 42.0 Å². The fourth-order valence-electron chi connectivity index (χ4n) is 13.3. The molecule has 13 atom stereocenters. The van der Waals surface area contributed by atoms with Crippen LogP contribution in [0.15, 0.2) is 66.7 Å². The molecule has 5 aliphatic heterocycles. The summed E-state index contributed by atoms with van der Waals surface area (Å²) in [6.07, 6.45) is -4.28. The normalized spacial score (nSPS) is 27.8. The molecule has 3 aromatic rings. The third-order valence-corrected chi connectivity index (χ3v) is 18.9. The van der Waals surface area contributed by atoms with Gasteiger partial charge in [-0.25, -0.2) is 6.57 Å². The van der Waals surface area contributed by atoms with E-state index in [2.05, 4.69) is 79.8 Å². The van der Waals surface area contributed by atoms with Gasteiger partial charge in [0.15, 0.2) is 17.6 Å². The van der Waals surface area contributed by atoms with Crippen LogP contribution < -0.4 is 80.3 Å². The number of piperazine rings is 1. The van der Waals surface area contributed by atoms with Crippen LogP contribution in [0.4, 0.5) is 17.1 Å². The summed E-state index contributed by atoms with van der Waals surface area (Å²) < 4.78 is 9.18. The van der Waals surface area contributed by atoms with Gasteiger partial charge < -0.3 is 101 Å². The number of benzene rings is 3. The predicted octanol–water partition coefficient (Wildman–Crippen LogP) is -5.08. The minimum atomic E-state index is -2.15. The van der Waals surface area contributed by atoms with Crippen LogP contribution >= 0.6 is 12.3 Å². The summed E-state index contributed by atoms with van der Waals surface area (Å²) >= 11 is 0.0136. The fourth-order valence-corrected chi connectivity index (χ4v) is 13.6. The number of nitrogens with one attached hydrogen (secondary N) is 5. The van der Waals surface area contributed by atoms with Crippen LogP contribution in [0.2, 0.25) is 0 Å². The van der Waals surface area contributed by atoms with Crippen molar-refractivity contribution < 1.29 is 118 Å². The van der Waals surface area contributed by atoms with Crippen LogP contribution in [0.1, 0.15) is 81.1 Å². The first kappa shape index (κ1) is 71.3. The second-order valence-corrected chi connectivity index (χ2v) is 25.1. The van der Waals surface area contributed by atoms with Crippen LogP contribution in [-0.4, -0.2) is 225 Å². The number of hydrogen-bond donors (Lipinski definition) is 12. The maximum absolute atomic E-state index is 14.7. The van der Waals surface area contributed by atoms with Gasteiger partial charge in [-0.15, -0.1) is 4.33 Å². The number of aromatic hydroxyl groups is 1. The Morgan fingerprint density at radius 2 is 1.30 bits per heavy atom. The van der Waals surface area contributed by atoms with Gasteiger partial charge in [-0.05, 0) is 104 Å². The van der Waals surface area contributed by atoms with E-state index in [9.17, 15) is 74.6 Å². The summed E-state index contributed by atoms with van der Waals surface area (Å²) in [6.45, 7) is 12.7. The van der Waals surface area contributed by atoms with Gasteiger partial charge in [0.05, 0.1) is 30.5 Å². The monoisotopic (exact) mass is 1310 g/mol. The molecule has 494 valence electrons. The Hall–Kier alpha value is -6.57. The first-order valence-corrected chi connectivity index (χ1v) is 31.3. The molecule has 1 aliphatic carbocycles. The van der Waals surface area contributed by atoms with Gasteiger partial charge in [0.25, 0.3) is 18.2 Å². The van der Waals surface area contributed by atoms with E-state index in [0.717, 1.165) is 66.4 Å². The zero-order valence-corrected chi connectivity index (χ0v) is 54.3. The summed E-state index contributed by atoms with van der Waals surface area (Å²) in [5.41, 5.74) is 3.95. The van der Waals surface area contributed by atoms with E-state index < -0.39 is 165 Å². The molecular formula is C61H80N11NaO18S. The molecule has 6 aliphatic rings. The number of piperidine rings is 1. The molecule has 1 saturated carbocycles. The number of phenols is 1. The fraction of sp³-hybridized carbons (Fsp3) is 0.574. The number of nitrogens with zero attached hydrogens (tertiary/aromatic N) is 6. The van der Waals surface area contributed by atoms with Crippen molar-refractivity contribution in [2.24, 2.45) is 11.3 Å². The molecule has 5 saturated heterocycles. The SMILES string of the molecule is [C-]#[N+]C[C@@H](O)[C@@H]1NC(=O)[C@H]([C@H](O)Cc2ccc(O)c(OSOO[O-])c2)NC(=O)[C@@H]2C[C@H](O)CN2C(=O)[C@H]([C@H](C)O)NC(=O)[C@@H](NC(=O)c2ccc(N3CCN(c4ccc(N5CCC6(CCCC6)CC5)cc4)CC3)cc2)C[C@H](O)CNC(=O)[C@@H]2[C@@H](O)[C@H](C)CN2C1=O.[Na+]. The number of aliphatic hydroxyl groups is 6. The molecular weight excluding hydrogens is 1230 g/mol. The Morgan fingerprint density at radius 1 is 0.728 bits per heavy atom. The number of carbonyl (C=O) groups excluding carboxylic acids is 7. The minimum absolute atomic E-state index is 0. The van der Waals surface area contributed by atoms with Gasteiger partial charge >= 0.3 is 29.6 Å². The molecule has 0 aromatic heterocycles. The molecule has 92 heavy (non-hydrogen) atoms. The zero-order chi connectivity index (χ0) is 65.3. The van der Waals surface area contributed by atoms with Crippen LogP contribution in [0, 0.1) is 17.9 Å². The third kappa shape index (κ3) is 17.0. The topological polar surface area (TPSA) is 393 Å². The zero-order valence-electron chi connectivity index (χ0n) is 51.5. The molecule has 12 N–H and O–H groups in total. The molecule has 31 heteroatoms. The molecule has 7 amide bonds.